The number of carbonyl (C=O) groups excluding carboxylic acids is 2. The zero-order valence-corrected chi connectivity index (χ0v) is 48.4. The Bertz CT molecular complexity index is 1710. The van der Waals surface area contributed by atoms with Crippen LogP contribution in [0.25, 0.3) is 0 Å². The van der Waals surface area contributed by atoms with Crippen LogP contribution in [-0.2, 0) is 32.7 Å². The van der Waals surface area contributed by atoms with Gasteiger partial charge in [0.25, 0.3) is 7.82 Å². The Morgan fingerprint density at radius 1 is 0.419 bits per heavy atom. The third kappa shape index (κ3) is 57.4. The number of likely N-dealkylation sites (N-methyl/N-ethyl adjacent to an activating group) is 1. The van der Waals surface area contributed by atoms with Gasteiger partial charge in [-0.05, 0) is 109 Å². The molecule has 0 aromatic carbocycles. The van der Waals surface area contributed by atoms with Crippen LogP contribution in [0.5, 0.6) is 0 Å². The number of carbonyl (C=O) groups is 2. The molecule has 0 spiro atoms. The van der Waals surface area contributed by atoms with Crippen LogP contribution in [0.3, 0.4) is 0 Å². The standard InChI is InChI=1S/C64H106NO8P/c1-6-8-10-12-14-16-18-20-22-24-26-28-30-31-32-33-35-36-38-40-42-44-46-48-50-52-54-56-63(66)70-60-62(61-72-74(68,69)71-59-58-65(3,4)5)73-64(67)57-55-53-51-49-47-45-43-41-39-37-34-29-27-25-23-21-19-17-15-13-11-9-7-2/h8-11,14-17,20-23,26-29,31-32,37,39,43,45,62H,6-7,12-13,18-19,24-25,30,33-36,38,40-42,44,46-61H2,1-5H3/b10-8-,11-9-,16-14-,17-15-,22-20-,23-21-,28-26-,29-27-,32-31-,39-37-,45-43-. The summed E-state index contributed by atoms with van der Waals surface area (Å²) in [5.41, 5.74) is 0. The van der Waals surface area contributed by atoms with E-state index in [9.17, 15) is 19.0 Å². The van der Waals surface area contributed by atoms with E-state index in [4.69, 9.17) is 18.5 Å². The fourth-order valence-electron chi connectivity index (χ4n) is 7.27. The molecule has 0 rings (SSSR count). The molecule has 0 aliphatic carbocycles. The summed E-state index contributed by atoms with van der Waals surface area (Å²) in [5, 5.41) is 0. The monoisotopic (exact) mass is 1050 g/mol. The van der Waals surface area contributed by atoms with Crippen molar-refractivity contribution >= 4 is 19.8 Å². The van der Waals surface area contributed by atoms with Crippen LogP contribution in [-0.4, -0.2) is 70.0 Å². The highest BCUT2D eigenvalue weighted by Gasteiger charge is 2.21. The number of esters is 2. The average Bonchev–Trinajstić information content (AvgIpc) is 3.36. The van der Waals surface area contributed by atoms with Crippen LogP contribution in [0.4, 0.5) is 0 Å². The predicted octanol–water partition coefficient (Wildman–Crippen LogP) is 17.5. The number of phosphoric acid groups is 1. The minimum Gasteiger partial charge on any atom is -0.756 e. The topological polar surface area (TPSA) is 111 Å². The largest absolute Gasteiger partial charge is 0.756 e. The van der Waals surface area contributed by atoms with E-state index in [1.165, 1.54) is 44.9 Å². The van der Waals surface area contributed by atoms with E-state index in [-0.39, 0.29) is 26.1 Å². The molecule has 0 aliphatic heterocycles. The fourth-order valence-corrected chi connectivity index (χ4v) is 8.00. The Morgan fingerprint density at radius 3 is 1.08 bits per heavy atom. The first kappa shape index (κ1) is 70.1. The number of phosphoric ester groups is 1. The normalized spacial score (nSPS) is 14.3. The van der Waals surface area contributed by atoms with Crippen molar-refractivity contribution < 1.29 is 42.1 Å². The highest BCUT2D eigenvalue weighted by atomic mass is 31.2. The Hall–Kier alpha value is -3.85. The SMILES string of the molecule is CC/C=C\C/C=C\C/C=C\C/C=C\C/C=C\C/C=C\CCCCCCC(=O)OC(COC(=O)CCCCCCCCCCCCC/C=C\C/C=C\C/C=C\C/C=C\C/C=C\CC)COP(=O)([O-])OCC[N+](C)(C)C. The van der Waals surface area contributed by atoms with E-state index >= 15 is 0 Å². The molecule has 0 heterocycles. The highest BCUT2D eigenvalue weighted by Crippen LogP contribution is 2.38. The minimum atomic E-state index is -4.65. The maximum atomic E-state index is 12.8. The number of rotatable bonds is 51. The fraction of sp³-hybridized carbons (Fsp3) is 0.625. The third-order valence-corrected chi connectivity index (χ3v) is 12.6. The quantitative estimate of drug-likeness (QED) is 0.0195. The molecule has 0 aromatic heterocycles. The molecule has 0 saturated heterocycles. The molecule has 0 bridgehead atoms. The van der Waals surface area contributed by atoms with E-state index in [1.807, 2.05) is 21.1 Å². The zero-order chi connectivity index (χ0) is 54.2. The van der Waals surface area contributed by atoms with Crippen LogP contribution in [0, 0.1) is 0 Å². The van der Waals surface area contributed by atoms with Crippen LogP contribution in [0.1, 0.15) is 206 Å². The van der Waals surface area contributed by atoms with Crippen molar-refractivity contribution in [1.82, 2.24) is 0 Å². The molecule has 0 amide bonds. The van der Waals surface area contributed by atoms with Crippen LogP contribution < -0.4 is 4.89 Å². The molecule has 0 aliphatic rings. The summed E-state index contributed by atoms with van der Waals surface area (Å²) in [5.74, 6) is -0.876. The van der Waals surface area contributed by atoms with Gasteiger partial charge in [-0.15, -0.1) is 0 Å². The summed E-state index contributed by atoms with van der Waals surface area (Å²) in [6.45, 7) is 3.96. The summed E-state index contributed by atoms with van der Waals surface area (Å²) < 4.78 is 34.1. The van der Waals surface area contributed by atoms with Crippen molar-refractivity contribution in [3.63, 3.8) is 0 Å². The number of quaternary nitrogens is 1. The van der Waals surface area contributed by atoms with E-state index in [1.54, 1.807) is 0 Å². The van der Waals surface area contributed by atoms with Gasteiger partial charge in [0.1, 0.15) is 19.8 Å². The first-order valence-electron chi connectivity index (χ1n) is 28.9. The third-order valence-electron chi connectivity index (χ3n) is 11.7. The van der Waals surface area contributed by atoms with Gasteiger partial charge in [-0.2, -0.15) is 0 Å². The molecule has 2 unspecified atom stereocenters. The van der Waals surface area contributed by atoms with Crippen molar-refractivity contribution in [3.8, 4) is 0 Å². The number of hydrogen-bond acceptors (Lipinski definition) is 8. The lowest BCUT2D eigenvalue weighted by Gasteiger charge is -2.28. The van der Waals surface area contributed by atoms with Gasteiger partial charge in [0.2, 0.25) is 0 Å². The van der Waals surface area contributed by atoms with E-state index in [0.29, 0.717) is 23.9 Å². The lowest BCUT2D eigenvalue weighted by molar-refractivity contribution is -0.870. The van der Waals surface area contributed by atoms with Gasteiger partial charge in [0, 0.05) is 12.8 Å². The molecule has 9 nitrogen and oxygen atoms in total. The highest BCUT2D eigenvalue weighted by molar-refractivity contribution is 7.45. The average molecular weight is 1050 g/mol. The van der Waals surface area contributed by atoms with E-state index < -0.39 is 32.5 Å². The molecule has 2 atom stereocenters. The van der Waals surface area contributed by atoms with Crippen LogP contribution >= 0.6 is 7.82 Å². The maximum Gasteiger partial charge on any atom is 0.306 e. The number of hydrogen-bond donors (Lipinski definition) is 0. The first-order valence-corrected chi connectivity index (χ1v) is 30.4. The summed E-state index contributed by atoms with van der Waals surface area (Å²) in [4.78, 5) is 37.9. The van der Waals surface area contributed by atoms with Crippen LogP contribution in [0.15, 0.2) is 134 Å². The summed E-state index contributed by atoms with van der Waals surface area (Å²) in [7, 11) is 1.13. The second kappa shape index (κ2) is 54.0. The molecule has 0 aromatic rings. The molecule has 10 heteroatoms. The molecular formula is C64H106NO8P. The number of nitrogens with zero attached hydrogens (tertiary/aromatic N) is 1. The predicted molar refractivity (Wildman–Crippen MR) is 314 cm³/mol. The molecule has 0 radical (unpaired) electrons. The van der Waals surface area contributed by atoms with Crippen molar-refractivity contribution in [3.05, 3.63) is 134 Å². The molecule has 0 fully saturated rings. The van der Waals surface area contributed by atoms with Gasteiger partial charge in [-0.1, -0.05) is 218 Å². The Balaban J connectivity index is 4.26. The van der Waals surface area contributed by atoms with Gasteiger partial charge < -0.3 is 27.9 Å². The number of allylic oxidation sites excluding steroid dienone is 22. The summed E-state index contributed by atoms with van der Waals surface area (Å²) in [6.07, 6.45) is 77.7. The maximum absolute atomic E-state index is 12.8. The van der Waals surface area contributed by atoms with Gasteiger partial charge in [-0.25, -0.2) is 0 Å². The summed E-state index contributed by atoms with van der Waals surface area (Å²) >= 11 is 0. The van der Waals surface area contributed by atoms with Crippen LogP contribution in [0.2, 0.25) is 0 Å². The molecule has 74 heavy (non-hydrogen) atoms. The molecule has 0 saturated carbocycles. The Morgan fingerprint density at radius 2 is 0.730 bits per heavy atom. The lowest BCUT2D eigenvalue weighted by Crippen LogP contribution is -2.37. The van der Waals surface area contributed by atoms with Gasteiger partial charge in [0.15, 0.2) is 6.10 Å². The Kier molecular flexibility index (Phi) is 51.2. The van der Waals surface area contributed by atoms with Crippen molar-refractivity contribution in [2.45, 2.75) is 213 Å². The van der Waals surface area contributed by atoms with E-state index in [2.05, 4.69) is 148 Å². The molecule has 420 valence electrons. The lowest BCUT2D eigenvalue weighted by atomic mass is 10.0. The first-order chi connectivity index (χ1) is 36.0. The number of ether oxygens (including phenoxy) is 2. The zero-order valence-electron chi connectivity index (χ0n) is 47.5. The van der Waals surface area contributed by atoms with E-state index in [0.717, 1.165) is 122 Å². The molecule has 0 N–H and O–H groups in total. The van der Waals surface area contributed by atoms with Crippen molar-refractivity contribution in [2.24, 2.45) is 0 Å². The molecular weight excluding hydrogens is 942 g/mol. The Labute approximate surface area is 453 Å². The second-order valence-electron chi connectivity index (χ2n) is 19.9. The smallest absolute Gasteiger partial charge is 0.306 e. The van der Waals surface area contributed by atoms with Crippen molar-refractivity contribution in [2.75, 3.05) is 47.5 Å². The van der Waals surface area contributed by atoms with Gasteiger partial charge in [0.05, 0.1) is 27.7 Å². The van der Waals surface area contributed by atoms with Gasteiger partial charge in [-0.3, -0.25) is 14.2 Å². The second-order valence-corrected chi connectivity index (χ2v) is 21.3. The summed E-state index contributed by atoms with van der Waals surface area (Å²) in [6, 6.07) is 0. The minimum absolute atomic E-state index is 0.0444. The van der Waals surface area contributed by atoms with Gasteiger partial charge >= 0.3 is 11.9 Å². The van der Waals surface area contributed by atoms with Crippen molar-refractivity contribution in [1.29, 1.82) is 0 Å². The number of unbranched alkanes of at least 4 members (excludes halogenated alkanes) is 15.